The third-order valence-corrected chi connectivity index (χ3v) is 5.73. The first kappa shape index (κ1) is 25.8. The lowest BCUT2D eigenvalue weighted by molar-refractivity contribution is -0.131. The Morgan fingerprint density at radius 2 is 1.74 bits per heavy atom. The van der Waals surface area contributed by atoms with E-state index in [1.807, 2.05) is 74.5 Å². The average molecular weight is 478 g/mol. The first-order valence-corrected chi connectivity index (χ1v) is 11.5. The van der Waals surface area contributed by atoms with E-state index >= 15 is 0 Å². The number of aliphatic carboxylic acids is 1. The predicted molar refractivity (Wildman–Crippen MR) is 136 cm³/mol. The van der Waals surface area contributed by atoms with E-state index in [9.17, 15) is 14.7 Å². The van der Waals surface area contributed by atoms with Gasteiger partial charge >= 0.3 is 12.1 Å². The van der Waals surface area contributed by atoms with Crippen molar-refractivity contribution in [3.05, 3.63) is 84.4 Å². The van der Waals surface area contributed by atoms with Crippen LogP contribution in [0.5, 0.6) is 5.75 Å². The molecule has 3 aromatic rings. The number of carboxylic acids is 1. The Morgan fingerprint density at radius 3 is 2.51 bits per heavy atom. The number of carboxylic acid groups (broad SMARTS) is 1. The standard InChI is InChI=1S/C28H31NO6/c1-28(2,17-8-7-16-25(31)32)26(22-13-5-6-15-24(22)34-19-18-30)35-27(33)29-23-14-9-11-20-10-3-4-12-21(20)23/h3-7,9-16,26,30H,8,17-19H2,1-2H3,(H,29,33)(H,31,32)/b16-7+/t26-/m1/s1. The summed E-state index contributed by atoms with van der Waals surface area (Å²) in [6, 6.07) is 20.6. The number of allylic oxidation sites excluding steroid dienone is 1. The lowest BCUT2D eigenvalue weighted by Gasteiger charge is -2.35. The minimum atomic E-state index is -1.01. The summed E-state index contributed by atoms with van der Waals surface area (Å²) in [6.45, 7) is 3.87. The maximum absolute atomic E-state index is 13.1. The van der Waals surface area contributed by atoms with Crippen LogP contribution in [0.15, 0.2) is 78.9 Å². The monoisotopic (exact) mass is 477 g/mol. The lowest BCUT2D eigenvalue weighted by atomic mass is 9.78. The number of aliphatic hydroxyl groups excluding tert-OH is 1. The molecule has 0 aromatic heterocycles. The maximum atomic E-state index is 13.1. The van der Waals surface area contributed by atoms with Gasteiger partial charge in [0, 0.05) is 22.4 Å². The fraction of sp³-hybridized carbons (Fsp3) is 0.286. The summed E-state index contributed by atoms with van der Waals surface area (Å²) in [7, 11) is 0. The molecule has 0 aliphatic carbocycles. The number of benzene rings is 3. The van der Waals surface area contributed by atoms with Gasteiger partial charge in [-0.15, -0.1) is 0 Å². The molecule has 0 aliphatic heterocycles. The number of nitrogens with one attached hydrogen (secondary N) is 1. The summed E-state index contributed by atoms with van der Waals surface area (Å²) in [6.07, 6.45) is 2.42. The van der Waals surface area contributed by atoms with Crippen LogP contribution in [-0.4, -0.2) is 35.5 Å². The van der Waals surface area contributed by atoms with E-state index in [-0.39, 0.29) is 13.2 Å². The number of carbonyl (C=O) groups is 2. The van der Waals surface area contributed by atoms with E-state index in [4.69, 9.17) is 14.6 Å². The van der Waals surface area contributed by atoms with Crippen LogP contribution in [-0.2, 0) is 9.53 Å². The van der Waals surface area contributed by atoms with Crippen molar-refractivity contribution in [1.29, 1.82) is 0 Å². The predicted octanol–water partition coefficient (Wildman–Crippen LogP) is 5.95. The largest absolute Gasteiger partial charge is 0.491 e. The molecule has 1 atom stereocenters. The van der Waals surface area contributed by atoms with Crippen LogP contribution in [0, 0.1) is 5.41 Å². The SMILES string of the molecule is CC(C)(CC/C=C/C(=O)O)[C@H](OC(=O)Nc1cccc2ccccc12)c1ccccc1OCCO. The van der Waals surface area contributed by atoms with Crippen LogP contribution in [0.3, 0.4) is 0 Å². The van der Waals surface area contributed by atoms with Crippen molar-refractivity contribution in [3.63, 3.8) is 0 Å². The van der Waals surface area contributed by atoms with E-state index in [2.05, 4.69) is 5.32 Å². The number of para-hydroxylation sites is 1. The second kappa shape index (κ2) is 12.0. The van der Waals surface area contributed by atoms with E-state index < -0.39 is 23.6 Å². The zero-order valence-corrected chi connectivity index (χ0v) is 19.9. The molecular formula is C28H31NO6. The molecule has 0 aliphatic rings. The fourth-order valence-electron chi connectivity index (χ4n) is 3.98. The zero-order chi connectivity index (χ0) is 25.3. The van der Waals surface area contributed by atoms with Crippen LogP contribution in [0.1, 0.15) is 38.4 Å². The molecule has 3 N–H and O–H groups in total. The van der Waals surface area contributed by atoms with Crippen LogP contribution in [0.4, 0.5) is 10.5 Å². The molecule has 0 heterocycles. The van der Waals surface area contributed by atoms with E-state index in [0.717, 1.165) is 16.8 Å². The summed E-state index contributed by atoms with van der Waals surface area (Å²) < 4.78 is 11.7. The van der Waals surface area contributed by atoms with Gasteiger partial charge in [-0.25, -0.2) is 9.59 Å². The van der Waals surface area contributed by atoms with Gasteiger partial charge in [-0.05, 0) is 30.4 Å². The Morgan fingerprint density at radius 1 is 1.03 bits per heavy atom. The first-order valence-electron chi connectivity index (χ1n) is 11.5. The molecular weight excluding hydrogens is 446 g/mol. The number of amides is 1. The molecule has 3 rings (SSSR count). The highest BCUT2D eigenvalue weighted by Gasteiger charge is 2.36. The number of hydrogen-bond donors (Lipinski definition) is 3. The smallest absolute Gasteiger partial charge is 0.412 e. The first-order chi connectivity index (χ1) is 16.8. The second-order valence-corrected chi connectivity index (χ2v) is 8.81. The molecule has 1 amide bonds. The molecule has 7 nitrogen and oxygen atoms in total. The molecule has 0 bridgehead atoms. The topological polar surface area (TPSA) is 105 Å². The molecule has 0 fully saturated rings. The molecule has 0 unspecified atom stereocenters. The van der Waals surface area contributed by atoms with Gasteiger partial charge in [0.05, 0.1) is 12.3 Å². The highest BCUT2D eigenvalue weighted by Crippen LogP contribution is 2.44. The Balaban J connectivity index is 1.89. The van der Waals surface area contributed by atoms with Crippen molar-refractivity contribution in [2.45, 2.75) is 32.8 Å². The van der Waals surface area contributed by atoms with Crippen molar-refractivity contribution in [2.24, 2.45) is 5.41 Å². The quantitative estimate of drug-likeness (QED) is 0.295. The van der Waals surface area contributed by atoms with E-state index in [0.29, 0.717) is 29.8 Å². The summed E-state index contributed by atoms with van der Waals surface area (Å²) in [5.41, 5.74) is 0.734. The van der Waals surface area contributed by atoms with Gasteiger partial charge in [0.1, 0.15) is 18.5 Å². The van der Waals surface area contributed by atoms with Crippen LogP contribution >= 0.6 is 0 Å². The number of aliphatic hydroxyl groups is 1. The van der Waals surface area contributed by atoms with E-state index in [1.165, 1.54) is 0 Å². The molecule has 0 radical (unpaired) electrons. The highest BCUT2D eigenvalue weighted by molar-refractivity contribution is 6.00. The molecule has 7 heteroatoms. The normalized spacial score (nSPS) is 12.4. The summed E-state index contributed by atoms with van der Waals surface area (Å²) in [4.78, 5) is 24.0. The van der Waals surface area contributed by atoms with Crippen LogP contribution in [0.2, 0.25) is 0 Å². The summed E-state index contributed by atoms with van der Waals surface area (Å²) in [5, 5.41) is 22.9. The second-order valence-electron chi connectivity index (χ2n) is 8.81. The third-order valence-electron chi connectivity index (χ3n) is 5.73. The maximum Gasteiger partial charge on any atom is 0.412 e. The Kier molecular flexibility index (Phi) is 8.86. The van der Waals surface area contributed by atoms with Crippen LogP contribution < -0.4 is 10.1 Å². The average Bonchev–Trinajstić information content (AvgIpc) is 2.84. The highest BCUT2D eigenvalue weighted by atomic mass is 16.6. The molecule has 3 aromatic carbocycles. The third kappa shape index (κ3) is 7.07. The number of anilines is 1. The van der Waals surface area contributed by atoms with Gasteiger partial charge in [0.2, 0.25) is 0 Å². The van der Waals surface area contributed by atoms with Crippen LogP contribution in [0.25, 0.3) is 10.8 Å². The van der Waals surface area contributed by atoms with Crippen molar-refractivity contribution in [1.82, 2.24) is 0 Å². The minimum Gasteiger partial charge on any atom is -0.491 e. The Labute approximate surface area is 205 Å². The number of hydrogen-bond acceptors (Lipinski definition) is 5. The number of rotatable bonds is 11. The summed E-state index contributed by atoms with van der Waals surface area (Å²) in [5.74, 6) is -0.494. The molecule has 0 saturated heterocycles. The van der Waals surface area contributed by atoms with Gasteiger partial charge in [0.15, 0.2) is 0 Å². The van der Waals surface area contributed by atoms with Crippen molar-refractivity contribution >= 4 is 28.5 Å². The summed E-state index contributed by atoms with van der Waals surface area (Å²) >= 11 is 0. The van der Waals surface area contributed by atoms with Gasteiger partial charge in [-0.3, -0.25) is 5.32 Å². The van der Waals surface area contributed by atoms with E-state index in [1.54, 1.807) is 12.1 Å². The molecule has 0 saturated carbocycles. The van der Waals surface area contributed by atoms with Gasteiger partial charge in [0.25, 0.3) is 0 Å². The van der Waals surface area contributed by atoms with Gasteiger partial charge < -0.3 is 19.7 Å². The minimum absolute atomic E-state index is 0.105. The van der Waals surface area contributed by atoms with Crippen molar-refractivity contribution in [2.75, 3.05) is 18.5 Å². The molecule has 35 heavy (non-hydrogen) atoms. The molecule has 0 spiro atoms. The zero-order valence-electron chi connectivity index (χ0n) is 19.9. The van der Waals surface area contributed by atoms with Gasteiger partial charge in [-0.2, -0.15) is 0 Å². The number of carbonyl (C=O) groups excluding carboxylic acids is 1. The molecule has 184 valence electrons. The lowest BCUT2D eigenvalue weighted by Crippen LogP contribution is -2.29. The Bertz CT molecular complexity index is 1180. The number of fused-ring (bicyclic) bond motifs is 1. The van der Waals surface area contributed by atoms with Crippen molar-refractivity contribution in [3.8, 4) is 5.75 Å². The fourth-order valence-corrected chi connectivity index (χ4v) is 3.98. The Hall–Kier alpha value is -3.84. The number of ether oxygens (including phenoxy) is 2. The van der Waals surface area contributed by atoms with Crippen molar-refractivity contribution < 1.29 is 29.3 Å². The van der Waals surface area contributed by atoms with Gasteiger partial charge in [-0.1, -0.05) is 74.5 Å².